The van der Waals surface area contributed by atoms with E-state index in [1.165, 1.54) is 0 Å². The van der Waals surface area contributed by atoms with Crippen molar-refractivity contribution < 1.29 is 4.74 Å². The van der Waals surface area contributed by atoms with Crippen LogP contribution in [0.2, 0.25) is 0 Å². The van der Waals surface area contributed by atoms with Crippen molar-refractivity contribution >= 4 is 11.5 Å². The van der Waals surface area contributed by atoms with Crippen LogP contribution < -0.4 is 10.1 Å². The molecule has 0 atom stereocenters. The molecule has 4 heteroatoms. The summed E-state index contributed by atoms with van der Waals surface area (Å²) < 4.78 is 5.44. The highest BCUT2D eigenvalue weighted by Gasteiger charge is 2.16. The van der Waals surface area contributed by atoms with Gasteiger partial charge in [-0.15, -0.1) is 0 Å². The second-order valence-electron chi connectivity index (χ2n) is 6.11. The first-order valence-electron chi connectivity index (χ1n) is 7.46. The van der Waals surface area contributed by atoms with Crippen LogP contribution in [0.25, 0.3) is 0 Å². The fourth-order valence-corrected chi connectivity index (χ4v) is 2.10. The van der Waals surface area contributed by atoms with E-state index in [9.17, 15) is 0 Å². The van der Waals surface area contributed by atoms with Crippen LogP contribution in [0, 0.1) is 5.41 Å². The smallest absolute Gasteiger partial charge is 0.135 e. The second kappa shape index (κ2) is 6.60. The molecule has 0 radical (unpaired) electrons. The molecule has 0 saturated heterocycles. The summed E-state index contributed by atoms with van der Waals surface area (Å²) in [6.07, 6.45) is 1.74. The average molecular weight is 297 g/mol. The number of pyridine rings is 1. The maximum atomic E-state index is 8.47. The molecule has 0 saturated carbocycles. The predicted octanol–water partition coefficient (Wildman–Crippen LogP) is 4.11. The molecule has 0 bridgehead atoms. The van der Waals surface area contributed by atoms with Crippen LogP contribution in [0.5, 0.6) is 5.75 Å². The monoisotopic (exact) mass is 297 g/mol. The molecule has 0 amide bonds. The van der Waals surface area contributed by atoms with E-state index in [4.69, 9.17) is 10.1 Å². The normalized spacial score (nSPS) is 11.1. The van der Waals surface area contributed by atoms with E-state index in [2.05, 4.69) is 31.1 Å². The molecule has 0 unspecified atom stereocenters. The van der Waals surface area contributed by atoms with Gasteiger partial charge in [0.25, 0.3) is 0 Å². The van der Waals surface area contributed by atoms with Crippen molar-refractivity contribution in [2.45, 2.75) is 33.2 Å². The zero-order valence-corrected chi connectivity index (χ0v) is 13.6. The van der Waals surface area contributed by atoms with Gasteiger partial charge in [0.15, 0.2) is 0 Å². The molecular weight excluding hydrogens is 274 g/mol. The van der Waals surface area contributed by atoms with Gasteiger partial charge in [0, 0.05) is 22.9 Å². The fourth-order valence-electron chi connectivity index (χ4n) is 2.10. The van der Waals surface area contributed by atoms with Gasteiger partial charge in [-0.05, 0) is 64.1 Å². The van der Waals surface area contributed by atoms with E-state index < -0.39 is 0 Å². The number of rotatable bonds is 5. The predicted molar refractivity (Wildman–Crippen MR) is 91.2 cm³/mol. The first-order valence-corrected chi connectivity index (χ1v) is 7.46. The summed E-state index contributed by atoms with van der Waals surface area (Å²) in [6.45, 7) is 8.82. The zero-order valence-electron chi connectivity index (χ0n) is 13.6. The van der Waals surface area contributed by atoms with Gasteiger partial charge >= 0.3 is 0 Å². The van der Waals surface area contributed by atoms with Crippen LogP contribution in [-0.4, -0.2) is 22.8 Å². The number of hydrogen-bond donors (Lipinski definition) is 2. The summed E-state index contributed by atoms with van der Waals surface area (Å²) in [5.74, 6) is 1.55. The molecule has 1 aromatic carbocycles. The highest BCUT2D eigenvalue weighted by atomic mass is 16.5. The quantitative estimate of drug-likeness (QED) is 0.817. The fraction of sp³-hybridized carbons (Fsp3) is 0.333. The first kappa shape index (κ1) is 16.0. The van der Waals surface area contributed by atoms with Gasteiger partial charge in [0.2, 0.25) is 0 Å². The summed E-state index contributed by atoms with van der Waals surface area (Å²) in [6, 6.07) is 11.4. The van der Waals surface area contributed by atoms with Gasteiger partial charge in [0.1, 0.15) is 11.6 Å². The SMILES string of the molecule is CCOc1ccc(C(=N)c2cccnc2NC(C)(C)C)cc1. The van der Waals surface area contributed by atoms with Crippen LogP contribution in [0.15, 0.2) is 42.6 Å². The van der Waals surface area contributed by atoms with Crippen LogP contribution in [0.1, 0.15) is 38.8 Å². The molecule has 22 heavy (non-hydrogen) atoms. The van der Waals surface area contributed by atoms with Gasteiger partial charge in [0.05, 0.1) is 12.3 Å². The lowest BCUT2D eigenvalue weighted by Crippen LogP contribution is -2.28. The Labute approximate surface area is 132 Å². The van der Waals surface area contributed by atoms with Gasteiger partial charge in [-0.2, -0.15) is 0 Å². The lowest BCUT2D eigenvalue weighted by molar-refractivity contribution is 0.340. The Balaban J connectivity index is 2.29. The highest BCUT2D eigenvalue weighted by Crippen LogP contribution is 2.21. The van der Waals surface area contributed by atoms with E-state index in [1.807, 2.05) is 43.3 Å². The van der Waals surface area contributed by atoms with E-state index in [1.54, 1.807) is 6.20 Å². The maximum Gasteiger partial charge on any atom is 0.135 e. The van der Waals surface area contributed by atoms with E-state index >= 15 is 0 Å². The average Bonchev–Trinajstić information content (AvgIpc) is 2.47. The number of benzene rings is 1. The maximum absolute atomic E-state index is 8.47. The summed E-state index contributed by atoms with van der Waals surface area (Å²) >= 11 is 0. The van der Waals surface area contributed by atoms with Crippen molar-refractivity contribution in [1.29, 1.82) is 5.41 Å². The van der Waals surface area contributed by atoms with E-state index in [0.717, 1.165) is 22.7 Å². The minimum absolute atomic E-state index is 0.109. The number of aromatic nitrogens is 1. The molecule has 2 rings (SSSR count). The topological polar surface area (TPSA) is 58.0 Å². The molecule has 2 N–H and O–H groups in total. The van der Waals surface area contributed by atoms with Crippen molar-refractivity contribution in [3.05, 3.63) is 53.7 Å². The Morgan fingerprint density at radius 3 is 2.45 bits per heavy atom. The molecule has 0 aliphatic carbocycles. The van der Waals surface area contributed by atoms with Crippen molar-refractivity contribution in [2.24, 2.45) is 0 Å². The number of ether oxygens (including phenoxy) is 1. The minimum atomic E-state index is -0.109. The van der Waals surface area contributed by atoms with Crippen LogP contribution >= 0.6 is 0 Å². The molecular formula is C18H23N3O. The molecule has 1 aromatic heterocycles. The third-order valence-electron chi connectivity index (χ3n) is 3.02. The molecule has 0 aliphatic heterocycles. The Morgan fingerprint density at radius 2 is 1.86 bits per heavy atom. The Morgan fingerprint density at radius 1 is 1.18 bits per heavy atom. The lowest BCUT2D eigenvalue weighted by atomic mass is 10.0. The van der Waals surface area contributed by atoms with Crippen molar-refractivity contribution in [3.8, 4) is 5.75 Å². The molecule has 0 spiro atoms. The molecule has 0 fully saturated rings. The Kier molecular flexibility index (Phi) is 4.81. The third-order valence-corrected chi connectivity index (χ3v) is 3.02. The third kappa shape index (κ3) is 4.07. The number of nitrogens with one attached hydrogen (secondary N) is 2. The molecule has 2 aromatic rings. The summed E-state index contributed by atoms with van der Waals surface area (Å²) in [7, 11) is 0. The summed E-state index contributed by atoms with van der Waals surface area (Å²) in [5.41, 5.74) is 1.97. The van der Waals surface area contributed by atoms with Gasteiger partial charge in [-0.1, -0.05) is 0 Å². The van der Waals surface area contributed by atoms with E-state index in [-0.39, 0.29) is 5.54 Å². The van der Waals surface area contributed by atoms with Gasteiger partial charge in [-0.3, -0.25) is 5.41 Å². The number of nitrogens with zero attached hydrogens (tertiary/aromatic N) is 1. The van der Waals surface area contributed by atoms with Crippen molar-refractivity contribution in [2.75, 3.05) is 11.9 Å². The number of anilines is 1. The van der Waals surface area contributed by atoms with Crippen molar-refractivity contribution in [1.82, 2.24) is 4.98 Å². The minimum Gasteiger partial charge on any atom is -0.494 e. The summed E-state index contributed by atoms with van der Waals surface area (Å²) in [5, 5.41) is 11.8. The first-order chi connectivity index (χ1) is 10.4. The molecule has 1 heterocycles. The summed E-state index contributed by atoms with van der Waals surface area (Å²) in [4.78, 5) is 4.38. The van der Waals surface area contributed by atoms with E-state index in [0.29, 0.717) is 12.3 Å². The Bertz CT molecular complexity index is 642. The molecule has 116 valence electrons. The van der Waals surface area contributed by atoms with Gasteiger partial charge in [-0.25, -0.2) is 4.98 Å². The van der Waals surface area contributed by atoms with Crippen LogP contribution in [0.3, 0.4) is 0 Å². The van der Waals surface area contributed by atoms with Crippen LogP contribution in [0.4, 0.5) is 5.82 Å². The van der Waals surface area contributed by atoms with Gasteiger partial charge < -0.3 is 10.1 Å². The Hall–Kier alpha value is -2.36. The highest BCUT2D eigenvalue weighted by molar-refractivity contribution is 6.13. The second-order valence-corrected chi connectivity index (χ2v) is 6.11. The van der Waals surface area contributed by atoms with Crippen molar-refractivity contribution in [3.63, 3.8) is 0 Å². The zero-order chi connectivity index (χ0) is 16.2. The molecule has 0 aliphatic rings. The largest absolute Gasteiger partial charge is 0.494 e. The molecule has 4 nitrogen and oxygen atoms in total. The standard InChI is InChI=1S/C18H23N3O/c1-5-22-14-10-8-13(9-11-14)16(19)15-7-6-12-20-17(15)21-18(2,3)4/h6-12,19H,5H2,1-4H3,(H,20,21). The lowest BCUT2D eigenvalue weighted by Gasteiger charge is -2.23. The number of hydrogen-bond acceptors (Lipinski definition) is 4. The van der Waals surface area contributed by atoms with Crippen LogP contribution in [-0.2, 0) is 0 Å².